The van der Waals surface area contributed by atoms with Crippen molar-refractivity contribution in [2.45, 2.75) is 11.3 Å². The lowest BCUT2D eigenvalue weighted by Crippen LogP contribution is -2.44. The molecule has 0 spiro atoms. The molecule has 0 atom stereocenters. The third kappa shape index (κ3) is 6.85. The van der Waals surface area contributed by atoms with E-state index in [4.69, 9.17) is 17.0 Å². The monoisotopic (exact) mass is 408 g/mol. The summed E-state index contributed by atoms with van der Waals surface area (Å²) in [5.41, 5.74) is 5.73. The number of para-hydroxylation sites is 1. The van der Waals surface area contributed by atoms with E-state index in [9.17, 15) is 13.2 Å². The van der Waals surface area contributed by atoms with Crippen molar-refractivity contribution in [2.75, 3.05) is 19.0 Å². The molecule has 2 aromatic rings. The maximum Gasteiger partial charge on any atom is 0.240 e. The summed E-state index contributed by atoms with van der Waals surface area (Å²) in [5.74, 6) is 0.143. The summed E-state index contributed by atoms with van der Waals surface area (Å²) in [6.07, 6.45) is -0.0592. The standard InChI is InChI=1S/C17H20N4O4S2/c1-25-14-7-9-15(10-8-14)27(23,24)18-12-11-16(22)20-21-17(26)19-13-5-3-2-4-6-13/h2-10,18H,11-12H2,1H3,(H,20,22)(H2,19,21,26). The number of thiocarbonyl (C=S) groups is 1. The van der Waals surface area contributed by atoms with E-state index in [-0.39, 0.29) is 23.0 Å². The van der Waals surface area contributed by atoms with Crippen LogP contribution in [0.1, 0.15) is 6.42 Å². The van der Waals surface area contributed by atoms with Crippen LogP contribution in [0.25, 0.3) is 0 Å². The topological polar surface area (TPSA) is 109 Å². The van der Waals surface area contributed by atoms with Gasteiger partial charge in [0, 0.05) is 18.7 Å². The summed E-state index contributed by atoms with van der Waals surface area (Å²) in [4.78, 5) is 11.9. The van der Waals surface area contributed by atoms with Crippen molar-refractivity contribution in [1.82, 2.24) is 15.6 Å². The molecular formula is C17H20N4O4S2. The smallest absolute Gasteiger partial charge is 0.240 e. The molecule has 4 N–H and O–H groups in total. The van der Waals surface area contributed by atoms with E-state index >= 15 is 0 Å². The van der Waals surface area contributed by atoms with Crippen molar-refractivity contribution >= 4 is 38.9 Å². The number of benzene rings is 2. The normalized spacial score (nSPS) is 10.7. The van der Waals surface area contributed by atoms with Crippen molar-refractivity contribution in [3.8, 4) is 5.75 Å². The fraction of sp³-hybridized carbons (Fsp3) is 0.176. The average molecular weight is 409 g/mol. The Labute approximate surface area is 163 Å². The molecule has 0 saturated carbocycles. The van der Waals surface area contributed by atoms with Gasteiger partial charge in [-0.25, -0.2) is 13.1 Å². The second-order valence-corrected chi connectivity index (χ2v) is 7.49. The van der Waals surface area contributed by atoms with Gasteiger partial charge in [0.15, 0.2) is 5.11 Å². The summed E-state index contributed by atoms with van der Waals surface area (Å²) < 4.78 is 31.7. The lowest BCUT2D eigenvalue weighted by molar-refractivity contribution is -0.121. The van der Waals surface area contributed by atoms with Crippen molar-refractivity contribution in [2.24, 2.45) is 0 Å². The van der Waals surface area contributed by atoms with E-state index in [1.165, 1.54) is 19.2 Å². The molecule has 0 aliphatic rings. The first-order valence-corrected chi connectivity index (χ1v) is 9.84. The number of hydrogen-bond acceptors (Lipinski definition) is 5. The number of amides is 1. The zero-order valence-electron chi connectivity index (χ0n) is 14.6. The van der Waals surface area contributed by atoms with Crippen LogP contribution in [0.15, 0.2) is 59.5 Å². The number of hydrogen-bond donors (Lipinski definition) is 4. The van der Waals surface area contributed by atoms with Gasteiger partial charge < -0.3 is 10.1 Å². The Morgan fingerprint density at radius 2 is 1.70 bits per heavy atom. The van der Waals surface area contributed by atoms with Gasteiger partial charge in [-0.3, -0.25) is 15.6 Å². The van der Waals surface area contributed by atoms with E-state index in [2.05, 4.69) is 20.9 Å². The van der Waals surface area contributed by atoms with Gasteiger partial charge in [-0.15, -0.1) is 0 Å². The Bertz CT molecular complexity index is 872. The van der Waals surface area contributed by atoms with Gasteiger partial charge in [0.1, 0.15) is 5.75 Å². The van der Waals surface area contributed by atoms with Gasteiger partial charge in [-0.2, -0.15) is 0 Å². The van der Waals surface area contributed by atoms with E-state index in [0.717, 1.165) is 5.69 Å². The van der Waals surface area contributed by atoms with E-state index in [1.54, 1.807) is 12.1 Å². The Morgan fingerprint density at radius 3 is 2.33 bits per heavy atom. The van der Waals surface area contributed by atoms with Gasteiger partial charge in [-0.05, 0) is 48.6 Å². The van der Waals surface area contributed by atoms with Crippen LogP contribution >= 0.6 is 12.2 Å². The van der Waals surface area contributed by atoms with Crippen LogP contribution in [-0.4, -0.2) is 33.1 Å². The van der Waals surface area contributed by atoms with Crippen LogP contribution in [0, 0.1) is 0 Å². The predicted octanol–water partition coefficient (Wildman–Crippen LogP) is 1.38. The third-order valence-corrected chi connectivity index (χ3v) is 5.04. The highest BCUT2D eigenvalue weighted by Gasteiger charge is 2.14. The van der Waals surface area contributed by atoms with Gasteiger partial charge in [0.05, 0.1) is 12.0 Å². The molecule has 0 unspecified atom stereocenters. The highest BCUT2D eigenvalue weighted by molar-refractivity contribution is 7.89. The molecular weight excluding hydrogens is 388 g/mol. The maximum atomic E-state index is 12.2. The Kier molecular flexibility index (Phi) is 7.53. The minimum atomic E-state index is -3.70. The van der Waals surface area contributed by atoms with Crippen LogP contribution in [0.2, 0.25) is 0 Å². The van der Waals surface area contributed by atoms with Crippen molar-refractivity contribution in [3.63, 3.8) is 0 Å². The zero-order chi connectivity index (χ0) is 19.7. The number of anilines is 1. The molecule has 0 heterocycles. The first-order chi connectivity index (χ1) is 12.9. The third-order valence-electron chi connectivity index (χ3n) is 3.36. The molecule has 0 aliphatic carbocycles. The molecule has 0 saturated heterocycles. The predicted molar refractivity (Wildman–Crippen MR) is 107 cm³/mol. The lowest BCUT2D eigenvalue weighted by atomic mass is 10.3. The molecule has 10 heteroatoms. The molecule has 8 nitrogen and oxygen atoms in total. The average Bonchev–Trinajstić information content (AvgIpc) is 2.67. The number of methoxy groups -OCH3 is 1. The summed E-state index contributed by atoms with van der Waals surface area (Å²) in [6, 6.07) is 15.2. The molecule has 0 aliphatic heterocycles. The van der Waals surface area contributed by atoms with Crippen molar-refractivity contribution in [3.05, 3.63) is 54.6 Å². The number of rotatable bonds is 7. The fourth-order valence-electron chi connectivity index (χ4n) is 2.01. The molecule has 0 bridgehead atoms. The number of carbonyl (C=O) groups is 1. The molecule has 27 heavy (non-hydrogen) atoms. The number of hydrazine groups is 1. The van der Waals surface area contributed by atoms with Gasteiger partial charge >= 0.3 is 0 Å². The van der Waals surface area contributed by atoms with Gasteiger partial charge in [0.25, 0.3) is 0 Å². The highest BCUT2D eigenvalue weighted by Crippen LogP contribution is 2.15. The molecule has 0 fully saturated rings. The first kappa shape index (κ1) is 20.6. The Morgan fingerprint density at radius 1 is 1.04 bits per heavy atom. The summed E-state index contributed by atoms with van der Waals surface area (Å²) in [7, 11) is -2.20. The van der Waals surface area contributed by atoms with Crippen LogP contribution in [0.5, 0.6) is 5.75 Å². The SMILES string of the molecule is COc1ccc(S(=O)(=O)NCCC(=O)NNC(=S)Nc2ccccc2)cc1. The molecule has 2 aromatic carbocycles. The number of nitrogens with one attached hydrogen (secondary N) is 4. The van der Waals surface area contributed by atoms with Crippen LogP contribution in [-0.2, 0) is 14.8 Å². The summed E-state index contributed by atoms with van der Waals surface area (Å²) in [6.45, 7) is -0.0548. The maximum absolute atomic E-state index is 12.2. The van der Waals surface area contributed by atoms with Crippen LogP contribution < -0.4 is 25.6 Å². The van der Waals surface area contributed by atoms with E-state index < -0.39 is 15.9 Å². The second-order valence-electron chi connectivity index (χ2n) is 5.32. The highest BCUT2D eigenvalue weighted by atomic mass is 32.2. The Balaban J connectivity index is 1.72. The molecule has 0 aromatic heterocycles. The van der Waals surface area contributed by atoms with E-state index in [1.807, 2.05) is 30.3 Å². The summed E-state index contributed by atoms with van der Waals surface area (Å²) in [5, 5.41) is 3.11. The number of sulfonamides is 1. The van der Waals surface area contributed by atoms with Crippen molar-refractivity contribution < 1.29 is 17.9 Å². The summed E-state index contributed by atoms with van der Waals surface area (Å²) >= 11 is 5.05. The van der Waals surface area contributed by atoms with Gasteiger partial charge in [-0.1, -0.05) is 18.2 Å². The fourth-order valence-corrected chi connectivity index (χ4v) is 3.21. The molecule has 0 radical (unpaired) electrons. The first-order valence-electron chi connectivity index (χ1n) is 7.95. The number of ether oxygens (including phenoxy) is 1. The van der Waals surface area contributed by atoms with Crippen LogP contribution in [0.3, 0.4) is 0 Å². The lowest BCUT2D eigenvalue weighted by Gasteiger charge is -2.12. The van der Waals surface area contributed by atoms with Crippen molar-refractivity contribution in [1.29, 1.82) is 0 Å². The molecule has 144 valence electrons. The van der Waals surface area contributed by atoms with Crippen LogP contribution in [0.4, 0.5) is 5.69 Å². The largest absolute Gasteiger partial charge is 0.497 e. The number of carbonyl (C=O) groups excluding carboxylic acids is 1. The van der Waals surface area contributed by atoms with Gasteiger partial charge in [0.2, 0.25) is 15.9 Å². The zero-order valence-corrected chi connectivity index (χ0v) is 16.2. The molecule has 1 amide bonds. The minimum absolute atomic E-state index is 0.0548. The minimum Gasteiger partial charge on any atom is -0.497 e. The Hall–Kier alpha value is -2.69. The second kappa shape index (κ2) is 9.86. The van der Waals surface area contributed by atoms with E-state index in [0.29, 0.717) is 5.75 Å². The molecule has 2 rings (SSSR count). The quantitative estimate of drug-likeness (QED) is 0.405.